The fourth-order valence-electron chi connectivity index (χ4n) is 3.72. The minimum Gasteiger partial charge on any atom is -0.378 e. The van der Waals surface area contributed by atoms with Crippen molar-refractivity contribution in [2.75, 3.05) is 31.6 Å². The molecule has 0 aliphatic carbocycles. The number of anilines is 1. The minimum absolute atomic E-state index is 0.220. The molecule has 0 spiro atoms. The van der Waals surface area contributed by atoms with Crippen molar-refractivity contribution >= 4 is 61.2 Å². The Balaban J connectivity index is 1.60. The van der Waals surface area contributed by atoms with Crippen molar-refractivity contribution in [2.45, 2.75) is 0 Å². The van der Waals surface area contributed by atoms with Crippen molar-refractivity contribution in [3.05, 3.63) is 104 Å². The SMILES string of the molecule is O=C(Nc1ccccc1/C=C/C(=O)c1c(Br)cc(Br)cc1C(=O)N1CCOCC1)c1ccccc1. The smallest absolute Gasteiger partial charge is 0.255 e. The van der Waals surface area contributed by atoms with Crippen LogP contribution < -0.4 is 5.32 Å². The Morgan fingerprint density at radius 3 is 2.34 bits per heavy atom. The largest absolute Gasteiger partial charge is 0.378 e. The summed E-state index contributed by atoms with van der Waals surface area (Å²) in [6.45, 7) is 1.88. The second-order valence-electron chi connectivity index (χ2n) is 7.82. The van der Waals surface area contributed by atoms with Crippen molar-refractivity contribution in [1.82, 2.24) is 4.90 Å². The third kappa shape index (κ3) is 6.14. The van der Waals surface area contributed by atoms with E-state index in [1.165, 1.54) is 6.08 Å². The van der Waals surface area contributed by atoms with Gasteiger partial charge in [0.1, 0.15) is 0 Å². The van der Waals surface area contributed by atoms with Crippen LogP contribution in [0.1, 0.15) is 36.6 Å². The molecule has 1 aliphatic heterocycles. The summed E-state index contributed by atoms with van der Waals surface area (Å²) in [4.78, 5) is 40.8. The summed E-state index contributed by atoms with van der Waals surface area (Å²) in [5, 5.41) is 2.89. The number of halogens is 2. The lowest BCUT2D eigenvalue weighted by molar-refractivity contribution is 0.0302. The van der Waals surface area contributed by atoms with Crippen LogP contribution in [0.15, 0.2) is 81.8 Å². The number of carbonyl (C=O) groups excluding carboxylic acids is 3. The van der Waals surface area contributed by atoms with E-state index in [1.807, 2.05) is 18.2 Å². The summed E-state index contributed by atoms with van der Waals surface area (Å²) in [6.07, 6.45) is 3.05. The first-order valence-corrected chi connectivity index (χ1v) is 12.6. The van der Waals surface area contributed by atoms with E-state index in [0.717, 1.165) is 0 Å². The summed E-state index contributed by atoms with van der Waals surface area (Å²) >= 11 is 6.87. The zero-order chi connectivity index (χ0) is 24.8. The molecule has 4 rings (SSSR count). The Kier molecular flexibility index (Phi) is 8.28. The number of benzene rings is 3. The molecule has 0 unspecified atom stereocenters. The minimum atomic E-state index is -0.329. The molecule has 1 saturated heterocycles. The van der Waals surface area contributed by atoms with Gasteiger partial charge < -0.3 is 15.0 Å². The molecule has 0 saturated carbocycles. The van der Waals surface area contributed by atoms with Crippen LogP contribution in [0.4, 0.5) is 5.69 Å². The number of amides is 2. The molecule has 3 aromatic rings. The highest BCUT2D eigenvalue weighted by Crippen LogP contribution is 2.29. The first-order chi connectivity index (χ1) is 16.9. The molecule has 1 N–H and O–H groups in total. The zero-order valence-corrected chi connectivity index (χ0v) is 21.8. The van der Waals surface area contributed by atoms with Gasteiger partial charge in [0.15, 0.2) is 5.78 Å². The number of ketones is 1. The zero-order valence-electron chi connectivity index (χ0n) is 18.7. The molecule has 1 aliphatic rings. The van der Waals surface area contributed by atoms with Crippen LogP contribution in [-0.4, -0.2) is 48.8 Å². The molecule has 8 heteroatoms. The molecule has 3 aromatic carbocycles. The van der Waals surface area contributed by atoms with Crippen LogP contribution >= 0.6 is 31.9 Å². The lowest BCUT2D eigenvalue weighted by Gasteiger charge is -2.27. The fraction of sp³-hybridized carbons (Fsp3) is 0.148. The highest BCUT2D eigenvalue weighted by Gasteiger charge is 2.25. The maximum absolute atomic E-state index is 13.3. The molecular formula is C27H22Br2N2O4. The van der Waals surface area contributed by atoms with E-state index >= 15 is 0 Å². The van der Waals surface area contributed by atoms with Gasteiger partial charge in [-0.05, 0) is 64.0 Å². The summed E-state index contributed by atoms with van der Waals surface area (Å²) < 4.78 is 6.55. The number of hydrogen-bond donors (Lipinski definition) is 1. The van der Waals surface area contributed by atoms with E-state index in [4.69, 9.17) is 4.74 Å². The molecule has 0 bridgehead atoms. The van der Waals surface area contributed by atoms with E-state index in [2.05, 4.69) is 37.2 Å². The molecular weight excluding hydrogens is 576 g/mol. The van der Waals surface area contributed by atoms with Crippen LogP contribution in [0.5, 0.6) is 0 Å². The first kappa shape index (κ1) is 25.0. The van der Waals surface area contributed by atoms with Crippen molar-refractivity contribution in [1.29, 1.82) is 0 Å². The Morgan fingerprint density at radius 1 is 0.914 bits per heavy atom. The van der Waals surface area contributed by atoms with Crippen LogP contribution in [-0.2, 0) is 4.74 Å². The lowest BCUT2D eigenvalue weighted by atomic mass is 10.0. The van der Waals surface area contributed by atoms with Gasteiger partial charge in [-0.3, -0.25) is 14.4 Å². The second kappa shape index (κ2) is 11.6. The van der Waals surface area contributed by atoms with E-state index in [-0.39, 0.29) is 23.2 Å². The average molecular weight is 598 g/mol. The molecule has 178 valence electrons. The summed E-state index contributed by atoms with van der Waals surface area (Å²) in [7, 11) is 0. The third-order valence-corrected chi connectivity index (χ3v) is 6.57. The van der Waals surface area contributed by atoms with Crippen molar-refractivity contribution in [3.63, 3.8) is 0 Å². The Morgan fingerprint density at radius 2 is 1.60 bits per heavy atom. The van der Waals surface area contributed by atoms with Gasteiger partial charge in [-0.2, -0.15) is 0 Å². The van der Waals surface area contributed by atoms with Crippen LogP contribution in [0.2, 0.25) is 0 Å². The molecule has 6 nitrogen and oxygen atoms in total. The van der Waals surface area contributed by atoms with E-state index < -0.39 is 0 Å². The molecule has 1 heterocycles. The number of rotatable bonds is 6. The van der Waals surface area contributed by atoms with E-state index in [0.29, 0.717) is 57.6 Å². The third-order valence-electron chi connectivity index (χ3n) is 5.49. The predicted molar refractivity (Wildman–Crippen MR) is 143 cm³/mol. The monoisotopic (exact) mass is 596 g/mol. The second-order valence-corrected chi connectivity index (χ2v) is 9.59. The normalized spacial score (nSPS) is 13.6. The van der Waals surface area contributed by atoms with E-state index in [9.17, 15) is 14.4 Å². The van der Waals surface area contributed by atoms with Gasteiger partial charge in [-0.15, -0.1) is 0 Å². The number of ether oxygens (including phenoxy) is 1. The van der Waals surface area contributed by atoms with Gasteiger partial charge in [0.2, 0.25) is 0 Å². The number of para-hydroxylation sites is 1. The van der Waals surface area contributed by atoms with Gasteiger partial charge in [0, 0.05) is 38.8 Å². The van der Waals surface area contributed by atoms with Gasteiger partial charge >= 0.3 is 0 Å². The molecule has 1 fully saturated rings. The highest BCUT2D eigenvalue weighted by atomic mass is 79.9. The highest BCUT2D eigenvalue weighted by molar-refractivity contribution is 9.11. The predicted octanol–water partition coefficient (Wildman–Crippen LogP) is 5.83. The van der Waals surface area contributed by atoms with Crippen molar-refractivity contribution in [2.24, 2.45) is 0 Å². The van der Waals surface area contributed by atoms with Gasteiger partial charge in [0.05, 0.1) is 18.8 Å². The lowest BCUT2D eigenvalue weighted by Crippen LogP contribution is -2.41. The number of hydrogen-bond acceptors (Lipinski definition) is 4. The average Bonchev–Trinajstić information content (AvgIpc) is 2.88. The summed E-state index contributed by atoms with van der Waals surface area (Å²) in [6, 6.07) is 19.5. The Labute approximate surface area is 220 Å². The molecule has 0 atom stereocenters. The Hall–Kier alpha value is -3.07. The van der Waals surface area contributed by atoms with Gasteiger partial charge in [-0.25, -0.2) is 0 Å². The fourth-order valence-corrected chi connectivity index (χ4v) is 5.14. The molecule has 0 aromatic heterocycles. The Bertz CT molecular complexity index is 1290. The maximum Gasteiger partial charge on any atom is 0.255 e. The summed E-state index contributed by atoms with van der Waals surface area (Å²) in [5.74, 6) is -0.792. The number of morpholine rings is 1. The standard InChI is InChI=1S/C27H22Br2N2O4/c28-20-16-21(27(34)31-12-14-35-15-13-31)25(22(29)17-20)24(32)11-10-18-6-4-5-9-23(18)30-26(33)19-7-2-1-3-8-19/h1-11,16-17H,12-15H2,(H,30,33)/b11-10+. The van der Waals surface area contributed by atoms with Crippen molar-refractivity contribution < 1.29 is 19.1 Å². The van der Waals surface area contributed by atoms with Crippen molar-refractivity contribution in [3.8, 4) is 0 Å². The topological polar surface area (TPSA) is 75.7 Å². The number of nitrogens with zero attached hydrogens (tertiary/aromatic N) is 1. The number of nitrogens with one attached hydrogen (secondary N) is 1. The number of carbonyl (C=O) groups is 3. The van der Waals surface area contributed by atoms with Crippen LogP contribution in [0.25, 0.3) is 6.08 Å². The quantitative estimate of drug-likeness (QED) is 0.286. The van der Waals surface area contributed by atoms with E-state index in [1.54, 1.807) is 59.5 Å². The van der Waals surface area contributed by atoms with Crippen LogP contribution in [0.3, 0.4) is 0 Å². The summed E-state index contributed by atoms with van der Waals surface area (Å²) in [5.41, 5.74) is 2.37. The molecule has 0 radical (unpaired) electrons. The van der Waals surface area contributed by atoms with Crippen LogP contribution in [0, 0.1) is 0 Å². The molecule has 2 amide bonds. The van der Waals surface area contributed by atoms with Gasteiger partial charge in [-0.1, -0.05) is 52.3 Å². The maximum atomic E-state index is 13.3. The van der Waals surface area contributed by atoms with Gasteiger partial charge in [0.25, 0.3) is 11.8 Å². The first-order valence-electron chi connectivity index (χ1n) is 11.0. The number of allylic oxidation sites excluding steroid dienone is 1. The molecule has 35 heavy (non-hydrogen) atoms.